The first-order valence-corrected chi connectivity index (χ1v) is 6.90. The minimum Gasteiger partial charge on any atom is -0.395 e. The van der Waals surface area contributed by atoms with Gasteiger partial charge >= 0.3 is 0 Å². The van der Waals surface area contributed by atoms with Gasteiger partial charge in [0.2, 0.25) is 0 Å². The summed E-state index contributed by atoms with van der Waals surface area (Å²) in [4.78, 5) is 20.0. The Balaban J connectivity index is 2.06. The van der Waals surface area contributed by atoms with E-state index in [0.717, 1.165) is 16.9 Å². The summed E-state index contributed by atoms with van der Waals surface area (Å²) in [6.45, 7) is 2.58. The lowest BCUT2D eigenvalue weighted by Gasteiger charge is -2.11. The van der Waals surface area contributed by atoms with E-state index in [0.29, 0.717) is 17.9 Å². The number of nitrogens with two attached hydrogens (primary N) is 1. The van der Waals surface area contributed by atoms with Crippen molar-refractivity contribution in [3.63, 3.8) is 0 Å². The van der Waals surface area contributed by atoms with Gasteiger partial charge in [-0.05, 0) is 24.6 Å². The summed E-state index contributed by atoms with van der Waals surface area (Å²) in [5, 5.41) is 14.6. The van der Waals surface area contributed by atoms with Gasteiger partial charge in [-0.3, -0.25) is 9.78 Å². The maximum atomic E-state index is 11.9. The van der Waals surface area contributed by atoms with Crippen LogP contribution in [-0.4, -0.2) is 34.1 Å². The fraction of sp³-hybridized carbons (Fsp3) is 0.267. The molecule has 0 atom stereocenters. The van der Waals surface area contributed by atoms with Crippen molar-refractivity contribution in [2.24, 2.45) is 0 Å². The zero-order valence-corrected chi connectivity index (χ0v) is 12.3. The van der Waals surface area contributed by atoms with Gasteiger partial charge in [0.15, 0.2) is 0 Å². The van der Waals surface area contributed by atoms with E-state index in [4.69, 9.17) is 10.8 Å². The summed E-state index contributed by atoms with van der Waals surface area (Å²) >= 11 is 0. The number of nitrogen functional groups attached to an aromatic ring is 1. The van der Waals surface area contributed by atoms with Gasteiger partial charge in [-0.1, -0.05) is 6.07 Å². The predicted octanol–water partition coefficient (Wildman–Crippen LogP) is 0.701. The van der Waals surface area contributed by atoms with E-state index >= 15 is 0 Å². The van der Waals surface area contributed by atoms with Crippen molar-refractivity contribution in [1.82, 2.24) is 15.3 Å². The smallest absolute Gasteiger partial charge is 0.251 e. The zero-order chi connectivity index (χ0) is 15.9. The van der Waals surface area contributed by atoms with Gasteiger partial charge in [0.05, 0.1) is 31.2 Å². The Morgan fingerprint density at radius 2 is 2.14 bits per heavy atom. The van der Waals surface area contributed by atoms with E-state index in [9.17, 15) is 4.79 Å². The van der Waals surface area contributed by atoms with Gasteiger partial charge < -0.3 is 21.5 Å². The molecule has 1 aromatic carbocycles. The van der Waals surface area contributed by atoms with Crippen LogP contribution in [0.2, 0.25) is 0 Å². The lowest BCUT2D eigenvalue weighted by molar-refractivity contribution is 0.0945. The van der Waals surface area contributed by atoms with Crippen LogP contribution < -0.4 is 16.4 Å². The zero-order valence-electron chi connectivity index (χ0n) is 12.3. The van der Waals surface area contributed by atoms with Crippen molar-refractivity contribution in [2.75, 3.05) is 24.2 Å². The molecule has 1 heterocycles. The molecule has 7 heteroatoms. The minimum absolute atomic E-state index is 0.0848. The van der Waals surface area contributed by atoms with Crippen LogP contribution in [0.3, 0.4) is 0 Å². The molecule has 7 nitrogen and oxygen atoms in total. The molecule has 0 bridgehead atoms. The van der Waals surface area contributed by atoms with Gasteiger partial charge in [0.1, 0.15) is 5.82 Å². The number of anilines is 2. The number of aliphatic hydroxyl groups excluding tert-OH is 1. The average Bonchev–Trinajstić information content (AvgIpc) is 2.53. The average molecular weight is 301 g/mol. The maximum Gasteiger partial charge on any atom is 0.251 e. The molecule has 0 saturated carbocycles. The Bertz CT molecular complexity index is 643. The van der Waals surface area contributed by atoms with Gasteiger partial charge in [-0.2, -0.15) is 0 Å². The number of amides is 1. The number of hydrogen-bond acceptors (Lipinski definition) is 6. The third kappa shape index (κ3) is 4.16. The van der Waals surface area contributed by atoms with Crippen LogP contribution in [0.5, 0.6) is 0 Å². The van der Waals surface area contributed by atoms with Crippen LogP contribution in [0, 0.1) is 6.92 Å². The van der Waals surface area contributed by atoms with Crippen LogP contribution in [0.4, 0.5) is 11.5 Å². The van der Waals surface area contributed by atoms with Crippen LogP contribution in [0.1, 0.15) is 21.6 Å². The van der Waals surface area contributed by atoms with E-state index in [1.165, 1.54) is 6.20 Å². The monoisotopic (exact) mass is 301 g/mol. The van der Waals surface area contributed by atoms with Crippen LogP contribution in [0.25, 0.3) is 0 Å². The van der Waals surface area contributed by atoms with Crippen LogP contribution >= 0.6 is 0 Å². The molecule has 2 aromatic rings. The van der Waals surface area contributed by atoms with Gasteiger partial charge in [0, 0.05) is 17.8 Å². The molecule has 22 heavy (non-hydrogen) atoms. The molecule has 116 valence electrons. The second-order valence-corrected chi connectivity index (χ2v) is 4.80. The first kappa shape index (κ1) is 15.7. The predicted molar refractivity (Wildman–Crippen MR) is 84.4 cm³/mol. The highest BCUT2D eigenvalue weighted by molar-refractivity contribution is 5.95. The highest BCUT2D eigenvalue weighted by Crippen LogP contribution is 2.17. The first-order chi connectivity index (χ1) is 10.6. The largest absolute Gasteiger partial charge is 0.395 e. The number of carbonyl (C=O) groups is 1. The highest BCUT2D eigenvalue weighted by atomic mass is 16.3. The summed E-state index contributed by atoms with van der Waals surface area (Å²) in [6, 6.07) is 5.38. The Kier molecular flexibility index (Phi) is 5.26. The quantitative estimate of drug-likeness (QED) is 0.625. The van der Waals surface area contributed by atoms with Gasteiger partial charge in [0.25, 0.3) is 5.91 Å². The Morgan fingerprint density at radius 1 is 1.32 bits per heavy atom. The molecule has 0 radical (unpaired) electrons. The van der Waals surface area contributed by atoms with Crippen molar-refractivity contribution in [2.45, 2.75) is 13.5 Å². The molecule has 0 spiro atoms. The van der Waals surface area contributed by atoms with E-state index in [1.807, 2.05) is 13.0 Å². The topological polar surface area (TPSA) is 113 Å². The van der Waals surface area contributed by atoms with Crippen molar-refractivity contribution < 1.29 is 9.90 Å². The van der Waals surface area contributed by atoms with Crippen molar-refractivity contribution in [1.29, 1.82) is 0 Å². The molecule has 0 fully saturated rings. The fourth-order valence-electron chi connectivity index (χ4n) is 1.87. The number of nitrogens with zero attached hydrogens (tertiary/aromatic N) is 2. The number of aryl methyl sites for hydroxylation is 1. The third-order valence-electron chi connectivity index (χ3n) is 3.08. The molecule has 0 aliphatic rings. The van der Waals surface area contributed by atoms with Gasteiger partial charge in [-0.15, -0.1) is 0 Å². The summed E-state index contributed by atoms with van der Waals surface area (Å²) in [5.41, 5.74) is 8.64. The lowest BCUT2D eigenvalue weighted by atomic mass is 10.1. The number of carbonyl (C=O) groups excluding carboxylic acids is 1. The van der Waals surface area contributed by atoms with Crippen molar-refractivity contribution >= 4 is 17.4 Å². The van der Waals surface area contributed by atoms with Gasteiger partial charge in [-0.25, -0.2) is 4.98 Å². The number of rotatable bonds is 6. The van der Waals surface area contributed by atoms with Crippen LogP contribution in [-0.2, 0) is 6.54 Å². The Labute approximate surface area is 128 Å². The third-order valence-corrected chi connectivity index (χ3v) is 3.08. The molecule has 0 unspecified atom stereocenters. The second kappa shape index (κ2) is 7.37. The summed E-state index contributed by atoms with van der Waals surface area (Å²) < 4.78 is 0. The second-order valence-electron chi connectivity index (χ2n) is 4.80. The molecular weight excluding hydrogens is 282 g/mol. The van der Waals surface area contributed by atoms with E-state index in [1.54, 1.807) is 18.3 Å². The summed E-state index contributed by atoms with van der Waals surface area (Å²) in [5.74, 6) is 0.159. The lowest BCUT2D eigenvalue weighted by Crippen LogP contribution is -2.26. The fourth-order valence-corrected chi connectivity index (χ4v) is 1.87. The molecule has 1 amide bonds. The Morgan fingerprint density at radius 3 is 2.82 bits per heavy atom. The highest BCUT2D eigenvalue weighted by Gasteiger charge is 2.07. The number of hydrogen-bond donors (Lipinski definition) is 4. The van der Waals surface area contributed by atoms with Crippen molar-refractivity contribution in [3.05, 3.63) is 47.4 Å². The maximum absolute atomic E-state index is 11.9. The molecule has 0 aliphatic carbocycles. The molecule has 1 aromatic heterocycles. The van der Waals surface area contributed by atoms with Crippen LogP contribution in [0.15, 0.2) is 30.6 Å². The number of nitrogens with one attached hydrogen (secondary N) is 2. The molecule has 2 rings (SSSR count). The van der Waals surface area contributed by atoms with Crippen molar-refractivity contribution in [3.8, 4) is 0 Å². The standard InChI is InChI=1S/C15H19N5O2/c1-10-2-3-11(15(22)17-4-5-21)6-13(10)19-7-12-8-20-14(16)9-18-12/h2-3,6,8-9,19,21H,4-5,7H2,1H3,(H2,16,20)(H,17,22). The number of aromatic nitrogens is 2. The number of aliphatic hydroxyl groups is 1. The Hall–Kier alpha value is -2.67. The van der Waals surface area contributed by atoms with E-state index in [2.05, 4.69) is 20.6 Å². The van der Waals surface area contributed by atoms with E-state index < -0.39 is 0 Å². The summed E-state index contributed by atoms with van der Waals surface area (Å²) in [7, 11) is 0. The molecule has 0 saturated heterocycles. The minimum atomic E-state index is -0.218. The summed E-state index contributed by atoms with van der Waals surface area (Å²) in [6.07, 6.45) is 3.11. The molecule has 0 aliphatic heterocycles. The molecular formula is C15H19N5O2. The SMILES string of the molecule is Cc1ccc(C(=O)NCCO)cc1NCc1cnc(N)cn1. The number of benzene rings is 1. The normalized spacial score (nSPS) is 10.3. The first-order valence-electron chi connectivity index (χ1n) is 6.90. The molecule has 5 N–H and O–H groups in total. The van der Waals surface area contributed by atoms with E-state index in [-0.39, 0.29) is 19.1 Å².